The van der Waals surface area contributed by atoms with E-state index in [1.807, 2.05) is 25.3 Å². The molecule has 0 fully saturated rings. The van der Waals surface area contributed by atoms with E-state index >= 15 is 0 Å². The van der Waals surface area contributed by atoms with Crippen LogP contribution in [-0.2, 0) is 34.0 Å². The van der Waals surface area contributed by atoms with Crippen molar-refractivity contribution in [2.75, 3.05) is 34.5 Å². The lowest BCUT2D eigenvalue weighted by atomic mass is 9.99. The van der Waals surface area contributed by atoms with Crippen molar-refractivity contribution in [3.8, 4) is 17.6 Å². The van der Waals surface area contributed by atoms with E-state index in [2.05, 4.69) is 135 Å². The first kappa shape index (κ1) is 46.6. The lowest BCUT2D eigenvalue weighted by molar-refractivity contribution is 0.143. The number of halogens is 1. The second-order valence-corrected chi connectivity index (χ2v) is 32.7. The number of methoxy groups -OCH3 is 3. The fraction of sp³-hybridized carbons (Fsp3) is 0.500. The van der Waals surface area contributed by atoms with Crippen LogP contribution < -0.4 is 30.2 Å². The van der Waals surface area contributed by atoms with Gasteiger partial charge >= 0.3 is 0 Å². The highest BCUT2D eigenvalue weighted by Crippen LogP contribution is 2.33. The summed E-state index contributed by atoms with van der Waals surface area (Å²) in [4.78, 5) is 14.0. The van der Waals surface area contributed by atoms with Crippen LogP contribution in [0.15, 0.2) is 42.7 Å². The Balaban J connectivity index is 0.000000222. The molecule has 3 aromatic rings. The van der Waals surface area contributed by atoms with Gasteiger partial charge in [-0.25, -0.2) is 15.0 Å². The van der Waals surface area contributed by atoms with Crippen molar-refractivity contribution >= 4 is 73.9 Å². The Morgan fingerprint density at radius 3 is 1.71 bits per heavy atom. The fourth-order valence-electron chi connectivity index (χ4n) is 5.72. The molecule has 3 aromatic heterocycles. The number of allylic oxidation sites excluding steroid dienone is 3. The van der Waals surface area contributed by atoms with E-state index in [0.29, 0.717) is 38.9 Å². The molecule has 13 heteroatoms. The Morgan fingerprint density at radius 1 is 0.709 bits per heavy atom. The van der Waals surface area contributed by atoms with Crippen LogP contribution in [0.25, 0.3) is 11.1 Å². The van der Waals surface area contributed by atoms with Crippen molar-refractivity contribution in [2.45, 2.75) is 106 Å². The molecule has 0 saturated carbocycles. The maximum atomic E-state index is 5.61. The second kappa shape index (κ2) is 20.5. The monoisotopic (exact) mass is 917 g/mol. The van der Waals surface area contributed by atoms with Gasteiger partial charge in [-0.15, -0.1) is 0 Å². The molecule has 0 bridgehead atoms. The minimum absolute atomic E-state index is 0.533. The van der Waals surface area contributed by atoms with Gasteiger partial charge in [-0.2, -0.15) is 0 Å². The molecule has 302 valence electrons. The second-order valence-electron chi connectivity index (χ2n) is 16.5. The van der Waals surface area contributed by atoms with Gasteiger partial charge in [0.25, 0.3) is 0 Å². The first-order valence-corrected chi connectivity index (χ1v) is 30.6. The highest BCUT2D eigenvalue weighted by atomic mass is 127. The van der Waals surface area contributed by atoms with Crippen molar-refractivity contribution in [3.05, 3.63) is 74.1 Å². The van der Waals surface area contributed by atoms with Crippen molar-refractivity contribution in [1.82, 2.24) is 15.0 Å². The molecule has 55 heavy (non-hydrogen) atoms. The Hall–Kier alpha value is -2.83. The number of hydrogen-bond acceptors (Lipinski definition) is 9. The smallest absolute Gasteiger partial charge is 0.220 e. The highest BCUT2D eigenvalue weighted by Gasteiger charge is 2.27. The van der Waals surface area contributed by atoms with Gasteiger partial charge in [-0.1, -0.05) is 84.1 Å². The standard InChI is InChI=1S/C14H22INO2Si.2C14H21NO2Si/c1-6-7-8-18-10-11-12(15)9-13(19(3,4)5)16-14(11)17-2;2*1-6-10-8-17-9-12-11(10)7-13(18(3,4)5)15-14(12)16-2/h6-7,9H,8,10H2,1-5H3;7-8H,6,9H2,1-5H3;6-7H,8-9H2,1-5H3. The van der Waals surface area contributed by atoms with Gasteiger partial charge in [-0.05, 0) is 83.3 Å². The van der Waals surface area contributed by atoms with Crippen molar-refractivity contribution in [2.24, 2.45) is 0 Å². The predicted octanol–water partition coefficient (Wildman–Crippen LogP) is 8.82. The molecule has 5 rings (SSSR count). The van der Waals surface area contributed by atoms with E-state index in [9.17, 15) is 0 Å². The molecule has 0 amide bonds. The van der Waals surface area contributed by atoms with Crippen LogP contribution in [0.3, 0.4) is 0 Å². The number of aromatic nitrogens is 3. The molecule has 2 aliphatic heterocycles. The maximum absolute atomic E-state index is 5.61. The first-order valence-electron chi connectivity index (χ1n) is 19.0. The fourth-order valence-corrected chi connectivity index (χ4v) is 9.74. The van der Waals surface area contributed by atoms with E-state index in [1.165, 1.54) is 41.8 Å². The summed E-state index contributed by atoms with van der Waals surface area (Å²) in [5, 5.41) is 3.56. The molecule has 0 aliphatic carbocycles. The minimum atomic E-state index is -1.44. The summed E-state index contributed by atoms with van der Waals surface area (Å²) < 4.78 is 34.2. The van der Waals surface area contributed by atoms with Gasteiger partial charge in [0.05, 0.1) is 65.1 Å². The number of nitrogens with zero attached hydrogens (tertiary/aromatic N) is 3. The summed E-state index contributed by atoms with van der Waals surface area (Å²) in [6.07, 6.45) is 8.92. The number of pyridine rings is 3. The highest BCUT2D eigenvalue weighted by molar-refractivity contribution is 14.1. The zero-order chi connectivity index (χ0) is 41.1. The van der Waals surface area contributed by atoms with E-state index in [0.717, 1.165) is 34.9 Å². The first-order chi connectivity index (χ1) is 25.8. The van der Waals surface area contributed by atoms with Gasteiger partial charge in [0, 0.05) is 25.1 Å². The molecule has 0 saturated heterocycles. The van der Waals surface area contributed by atoms with Crippen LogP contribution in [0.5, 0.6) is 17.6 Å². The molecule has 0 unspecified atom stereocenters. The van der Waals surface area contributed by atoms with E-state index < -0.39 is 24.2 Å². The third-order valence-corrected chi connectivity index (χ3v) is 15.5. The average molecular weight is 918 g/mol. The molecular formula is C42H64IN3O6Si3. The Kier molecular flexibility index (Phi) is 17.4. The zero-order valence-electron chi connectivity index (χ0n) is 36.0. The van der Waals surface area contributed by atoms with Crippen LogP contribution >= 0.6 is 22.6 Å². The Labute approximate surface area is 347 Å². The molecule has 0 aromatic carbocycles. The summed E-state index contributed by atoms with van der Waals surface area (Å²) in [5.41, 5.74) is 8.18. The maximum Gasteiger partial charge on any atom is 0.220 e. The van der Waals surface area contributed by atoms with Gasteiger partial charge < -0.3 is 28.4 Å². The third-order valence-electron chi connectivity index (χ3n) is 9.16. The lowest BCUT2D eigenvalue weighted by Crippen LogP contribution is -2.41. The number of rotatable bonds is 11. The van der Waals surface area contributed by atoms with Gasteiger partial charge in [0.2, 0.25) is 17.6 Å². The molecule has 0 spiro atoms. The summed E-state index contributed by atoms with van der Waals surface area (Å²) in [6.45, 7) is 29.8. The molecule has 0 atom stereocenters. The molecule has 2 aliphatic rings. The SMILES string of the molecule is CC=C1COCc2c1cc([Si](C)(C)C)nc2OC.CC=CCOCc1c(I)cc([Si](C)(C)C)nc1OC.CCC1=COCc2c1cc([Si](C)(C)C)nc2OC. The third kappa shape index (κ3) is 12.6. The van der Waals surface area contributed by atoms with Crippen LogP contribution in [-0.4, -0.2) is 73.7 Å². The largest absolute Gasteiger partial charge is 0.496 e. The molecular weight excluding hydrogens is 854 g/mol. The van der Waals surface area contributed by atoms with Crippen LogP contribution in [0.2, 0.25) is 58.9 Å². The Bertz CT molecular complexity index is 1860. The number of fused-ring (bicyclic) bond motifs is 2. The summed E-state index contributed by atoms with van der Waals surface area (Å²) in [7, 11) is 0.720. The van der Waals surface area contributed by atoms with E-state index in [1.54, 1.807) is 21.3 Å². The van der Waals surface area contributed by atoms with Gasteiger partial charge in [0.1, 0.15) is 30.8 Å². The van der Waals surface area contributed by atoms with Crippen LogP contribution in [0.1, 0.15) is 55.0 Å². The Morgan fingerprint density at radius 2 is 1.22 bits per heavy atom. The topological polar surface area (TPSA) is 94.1 Å². The van der Waals surface area contributed by atoms with Crippen molar-refractivity contribution < 1.29 is 28.4 Å². The predicted molar refractivity (Wildman–Crippen MR) is 245 cm³/mol. The number of hydrogen-bond donors (Lipinski definition) is 0. The van der Waals surface area contributed by atoms with Crippen LogP contribution in [0, 0.1) is 3.57 Å². The van der Waals surface area contributed by atoms with E-state index in [4.69, 9.17) is 28.4 Å². The minimum Gasteiger partial charge on any atom is -0.496 e. The molecule has 0 radical (unpaired) electrons. The zero-order valence-corrected chi connectivity index (χ0v) is 41.1. The van der Waals surface area contributed by atoms with Gasteiger partial charge in [0.15, 0.2) is 0 Å². The van der Waals surface area contributed by atoms with Crippen molar-refractivity contribution in [1.29, 1.82) is 0 Å². The molecule has 9 nitrogen and oxygen atoms in total. The summed E-state index contributed by atoms with van der Waals surface area (Å²) >= 11 is 2.34. The quantitative estimate of drug-likeness (QED) is 0.0810. The van der Waals surface area contributed by atoms with Crippen LogP contribution in [0.4, 0.5) is 0 Å². The average Bonchev–Trinajstić information content (AvgIpc) is 3.14. The summed E-state index contributed by atoms with van der Waals surface area (Å²) in [5.74, 6) is 2.15. The normalized spacial score (nSPS) is 14.8. The molecule has 5 heterocycles. The lowest BCUT2D eigenvalue weighted by Gasteiger charge is -2.25. The van der Waals surface area contributed by atoms with Crippen molar-refractivity contribution in [3.63, 3.8) is 0 Å². The van der Waals surface area contributed by atoms with Gasteiger partial charge in [-0.3, -0.25) is 0 Å². The van der Waals surface area contributed by atoms with E-state index in [-0.39, 0.29) is 0 Å². The number of ether oxygens (including phenoxy) is 6. The summed E-state index contributed by atoms with van der Waals surface area (Å²) in [6, 6.07) is 6.65. The molecule has 0 N–H and O–H groups in total.